The van der Waals surface area contributed by atoms with Gasteiger partial charge in [0.1, 0.15) is 18.1 Å². The molecule has 3 aromatic rings. The Bertz CT molecular complexity index is 1290. The highest BCUT2D eigenvalue weighted by Crippen LogP contribution is 2.26. The molecule has 1 saturated heterocycles. The molecule has 0 atom stereocenters. The van der Waals surface area contributed by atoms with Crippen LogP contribution in [0.5, 0.6) is 5.75 Å². The van der Waals surface area contributed by atoms with Crippen molar-refractivity contribution in [2.45, 2.75) is 37.8 Å². The average molecular weight is 526 g/mol. The van der Waals surface area contributed by atoms with E-state index >= 15 is 0 Å². The minimum Gasteiger partial charge on any atom is -0.494 e. The van der Waals surface area contributed by atoms with Crippen molar-refractivity contribution >= 4 is 21.6 Å². The van der Waals surface area contributed by atoms with Crippen LogP contribution in [0.1, 0.15) is 30.9 Å². The maximum atomic E-state index is 13.5. The molecule has 0 bridgehead atoms. The molecule has 0 spiro atoms. The van der Waals surface area contributed by atoms with Crippen LogP contribution >= 0.6 is 0 Å². The Balaban J connectivity index is 1.49. The largest absolute Gasteiger partial charge is 0.494 e. The first-order valence-corrected chi connectivity index (χ1v) is 13.9. The fourth-order valence-electron chi connectivity index (χ4n) is 4.35. The standard InChI is InChI=1S/C28H32FN3O4S/c1-2-36-26-12-10-25(11-13-26)32(37(34,35)27-14-8-24(29)9-15-27)21-28(33)30-19-22-6-5-7-23(18-22)20-31-16-3-4-17-31/h5-15,18H,2-4,16-17,19-21H2,1H3,(H,30,33). The number of nitrogens with one attached hydrogen (secondary N) is 1. The van der Waals surface area contributed by atoms with Crippen molar-refractivity contribution in [1.29, 1.82) is 0 Å². The predicted octanol–water partition coefficient (Wildman–Crippen LogP) is 4.33. The Morgan fingerprint density at radius 2 is 1.68 bits per heavy atom. The minimum atomic E-state index is -4.13. The summed E-state index contributed by atoms with van der Waals surface area (Å²) >= 11 is 0. The molecule has 0 aliphatic carbocycles. The number of benzene rings is 3. The van der Waals surface area contributed by atoms with E-state index in [0.29, 0.717) is 18.0 Å². The summed E-state index contributed by atoms with van der Waals surface area (Å²) in [5.74, 6) is -0.413. The molecule has 1 aliphatic rings. The quantitative estimate of drug-likeness (QED) is 0.403. The monoisotopic (exact) mass is 525 g/mol. The van der Waals surface area contributed by atoms with Crippen LogP contribution in [0.2, 0.25) is 0 Å². The molecule has 0 radical (unpaired) electrons. The molecular weight excluding hydrogens is 493 g/mol. The molecule has 1 N–H and O–H groups in total. The van der Waals surface area contributed by atoms with Gasteiger partial charge in [-0.3, -0.25) is 14.0 Å². The lowest BCUT2D eigenvalue weighted by atomic mass is 10.1. The third-order valence-electron chi connectivity index (χ3n) is 6.21. The summed E-state index contributed by atoms with van der Waals surface area (Å²) in [6, 6.07) is 19.1. The summed E-state index contributed by atoms with van der Waals surface area (Å²) in [4.78, 5) is 15.3. The van der Waals surface area contributed by atoms with Gasteiger partial charge in [0, 0.05) is 13.1 Å². The second-order valence-corrected chi connectivity index (χ2v) is 10.8. The van der Waals surface area contributed by atoms with Crippen LogP contribution in [-0.2, 0) is 27.9 Å². The molecule has 1 heterocycles. The smallest absolute Gasteiger partial charge is 0.264 e. The Labute approximate surface area is 217 Å². The Kier molecular flexibility index (Phi) is 8.78. The van der Waals surface area contributed by atoms with Crippen molar-refractivity contribution in [3.8, 4) is 5.75 Å². The number of hydrogen-bond donors (Lipinski definition) is 1. The lowest BCUT2D eigenvalue weighted by Crippen LogP contribution is -2.40. The van der Waals surface area contributed by atoms with Gasteiger partial charge in [0.25, 0.3) is 10.0 Å². The van der Waals surface area contributed by atoms with E-state index in [1.807, 2.05) is 19.1 Å². The summed E-state index contributed by atoms with van der Waals surface area (Å²) in [7, 11) is -4.13. The van der Waals surface area contributed by atoms with E-state index in [1.54, 1.807) is 24.3 Å². The number of rotatable bonds is 11. The van der Waals surface area contributed by atoms with E-state index in [-0.39, 0.29) is 11.4 Å². The number of carbonyl (C=O) groups is 1. The maximum Gasteiger partial charge on any atom is 0.264 e. The fraction of sp³-hybridized carbons (Fsp3) is 0.321. The van der Waals surface area contributed by atoms with E-state index in [2.05, 4.69) is 22.3 Å². The second-order valence-electron chi connectivity index (χ2n) is 8.97. The molecular formula is C28H32FN3O4S. The van der Waals surface area contributed by atoms with E-state index in [4.69, 9.17) is 4.74 Å². The van der Waals surface area contributed by atoms with Crippen molar-refractivity contribution in [3.63, 3.8) is 0 Å². The zero-order valence-electron chi connectivity index (χ0n) is 20.9. The van der Waals surface area contributed by atoms with Crippen LogP contribution in [0, 0.1) is 5.82 Å². The molecule has 196 valence electrons. The van der Waals surface area contributed by atoms with Gasteiger partial charge in [0.2, 0.25) is 5.91 Å². The van der Waals surface area contributed by atoms with Gasteiger partial charge in [-0.15, -0.1) is 0 Å². The van der Waals surface area contributed by atoms with Gasteiger partial charge in [-0.1, -0.05) is 24.3 Å². The van der Waals surface area contributed by atoms with Crippen molar-refractivity contribution < 1.29 is 22.3 Å². The zero-order valence-corrected chi connectivity index (χ0v) is 21.7. The Morgan fingerprint density at radius 1 is 1.00 bits per heavy atom. The van der Waals surface area contributed by atoms with Crippen LogP contribution in [0.15, 0.2) is 77.7 Å². The maximum absolute atomic E-state index is 13.5. The van der Waals surface area contributed by atoms with Gasteiger partial charge < -0.3 is 10.1 Å². The highest BCUT2D eigenvalue weighted by atomic mass is 32.2. The fourth-order valence-corrected chi connectivity index (χ4v) is 5.77. The third kappa shape index (κ3) is 7.08. The van der Waals surface area contributed by atoms with Crippen molar-refractivity contribution in [2.24, 2.45) is 0 Å². The molecule has 0 aromatic heterocycles. The number of amides is 1. The topological polar surface area (TPSA) is 79.0 Å². The van der Waals surface area contributed by atoms with Gasteiger partial charge in [0.15, 0.2) is 0 Å². The summed E-state index contributed by atoms with van der Waals surface area (Å²) in [6.45, 7) is 5.25. The molecule has 37 heavy (non-hydrogen) atoms. The summed E-state index contributed by atoms with van der Waals surface area (Å²) in [5.41, 5.74) is 2.43. The Hall–Kier alpha value is -3.43. The van der Waals surface area contributed by atoms with E-state index < -0.39 is 28.3 Å². The van der Waals surface area contributed by atoms with Gasteiger partial charge in [-0.2, -0.15) is 0 Å². The van der Waals surface area contributed by atoms with Gasteiger partial charge in [-0.25, -0.2) is 12.8 Å². The number of likely N-dealkylation sites (tertiary alicyclic amines) is 1. The lowest BCUT2D eigenvalue weighted by Gasteiger charge is -2.24. The highest BCUT2D eigenvalue weighted by Gasteiger charge is 2.27. The van der Waals surface area contributed by atoms with E-state index in [9.17, 15) is 17.6 Å². The number of sulfonamides is 1. The number of nitrogens with zero attached hydrogens (tertiary/aromatic N) is 2. The van der Waals surface area contributed by atoms with Crippen molar-refractivity contribution in [3.05, 3.63) is 89.7 Å². The van der Waals surface area contributed by atoms with Crippen LogP contribution in [0.4, 0.5) is 10.1 Å². The minimum absolute atomic E-state index is 0.106. The molecule has 1 amide bonds. The molecule has 1 aliphatic heterocycles. The number of ether oxygens (including phenoxy) is 1. The number of hydrogen-bond acceptors (Lipinski definition) is 5. The third-order valence-corrected chi connectivity index (χ3v) is 8.00. The summed E-state index contributed by atoms with van der Waals surface area (Å²) in [5, 5.41) is 2.84. The Morgan fingerprint density at radius 3 is 2.35 bits per heavy atom. The van der Waals surface area contributed by atoms with Crippen LogP contribution in [-0.4, -0.2) is 45.5 Å². The zero-order chi connectivity index (χ0) is 26.3. The van der Waals surface area contributed by atoms with Gasteiger partial charge in [0.05, 0.1) is 17.2 Å². The lowest BCUT2D eigenvalue weighted by molar-refractivity contribution is -0.119. The molecule has 1 fully saturated rings. The first kappa shape index (κ1) is 26.6. The molecule has 0 saturated carbocycles. The second kappa shape index (κ2) is 12.2. The first-order chi connectivity index (χ1) is 17.8. The van der Waals surface area contributed by atoms with Crippen LogP contribution in [0.25, 0.3) is 0 Å². The van der Waals surface area contributed by atoms with Crippen molar-refractivity contribution in [2.75, 3.05) is 30.5 Å². The van der Waals surface area contributed by atoms with Crippen LogP contribution in [0.3, 0.4) is 0 Å². The molecule has 3 aromatic carbocycles. The average Bonchev–Trinajstić information content (AvgIpc) is 3.40. The summed E-state index contributed by atoms with van der Waals surface area (Å²) in [6.07, 6.45) is 2.45. The molecule has 4 rings (SSSR count). The summed E-state index contributed by atoms with van der Waals surface area (Å²) < 4.78 is 46.8. The van der Waals surface area contributed by atoms with Gasteiger partial charge >= 0.3 is 0 Å². The van der Waals surface area contributed by atoms with E-state index in [0.717, 1.165) is 41.6 Å². The number of carbonyl (C=O) groups excluding carboxylic acids is 1. The van der Waals surface area contributed by atoms with E-state index in [1.165, 1.54) is 30.5 Å². The van der Waals surface area contributed by atoms with Crippen LogP contribution < -0.4 is 14.4 Å². The first-order valence-electron chi connectivity index (χ1n) is 12.4. The highest BCUT2D eigenvalue weighted by molar-refractivity contribution is 7.92. The molecule has 9 heteroatoms. The van der Waals surface area contributed by atoms with Crippen molar-refractivity contribution in [1.82, 2.24) is 10.2 Å². The number of anilines is 1. The SMILES string of the molecule is CCOc1ccc(N(CC(=O)NCc2cccc(CN3CCCC3)c2)S(=O)(=O)c2ccc(F)cc2)cc1. The molecule has 7 nitrogen and oxygen atoms in total. The predicted molar refractivity (Wildman–Crippen MR) is 141 cm³/mol. The number of halogens is 1. The normalized spacial score (nSPS) is 13.9. The van der Waals surface area contributed by atoms with Gasteiger partial charge in [-0.05, 0) is 92.5 Å². The molecule has 0 unspecified atom stereocenters.